The van der Waals surface area contributed by atoms with Crippen molar-refractivity contribution in [2.24, 2.45) is 0 Å². The fourth-order valence-corrected chi connectivity index (χ4v) is 2.77. The molecular formula is C16H20N4O4. The van der Waals surface area contributed by atoms with Crippen LogP contribution in [0.3, 0.4) is 0 Å². The number of hydrogen-bond donors (Lipinski definition) is 2. The van der Waals surface area contributed by atoms with Crippen molar-refractivity contribution in [3.63, 3.8) is 0 Å². The first-order chi connectivity index (χ1) is 11.5. The molecule has 1 aliphatic rings. The zero-order valence-corrected chi connectivity index (χ0v) is 13.7. The van der Waals surface area contributed by atoms with Gasteiger partial charge in [-0.1, -0.05) is 0 Å². The van der Waals surface area contributed by atoms with Gasteiger partial charge in [0.25, 0.3) is 0 Å². The van der Waals surface area contributed by atoms with Crippen molar-refractivity contribution in [2.45, 2.75) is 25.9 Å². The van der Waals surface area contributed by atoms with Gasteiger partial charge >= 0.3 is 6.03 Å². The number of methoxy groups -OCH3 is 1. The molecule has 1 unspecified atom stereocenters. The van der Waals surface area contributed by atoms with Crippen LogP contribution in [-0.2, 0) is 11.3 Å². The molecule has 1 atom stereocenters. The molecule has 2 N–H and O–H groups in total. The number of carbonyl (C=O) groups excluding carboxylic acids is 2. The van der Waals surface area contributed by atoms with Crippen molar-refractivity contribution in [2.75, 3.05) is 20.2 Å². The van der Waals surface area contributed by atoms with Crippen molar-refractivity contribution in [1.82, 2.24) is 20.5 Å². The lowest BCUT2D eigenvalue weighted by atomic mass is 10.3. The van der Waals surface area contributed by atoms with E-state index in [4.69, 9.17) is 9.15 Å². The zero-order chi connectivity index (χ0) is 17.1. The number of ether oxygens (including phenoxy) is 1. The number of fused-ring (bicyclic) bond motifs is 1. The monoisotopic (exact) mass is 332 g/mol. The highest BCUT2D eigenvalue weighted by Gasteiger charge is 2.26. The van der Waals surface area contributed by atoms with Gasteiger partial charge in [-0.05, 0) is 18.6 Å². The van der Waals surface area contributed by atoms with E-state index in [0.717, 1.165) is 6.42 Å². The average Bonchev–Trinajstić information content (AvgIpc) is 3.17. The third-order valence-electron chi connectivity index (χ3n) is 3.91. The van der Waals surface area contributed by atoms with Crippen LogP contribution in [0.4, 0.5) is 4.79 Å². The molecular weight excluding hydrogens is 312 g/mol. The number of carbonyl (C=O) groups is 2. The Bertz CT molecular complexity index is 758. The Kier molecular flexibility index (Phi) is 4.54. The maximum absolute atomic E-state index is 12.2. The van der Waals surface area contributed by atoms with Gasteiger partial charge in [-0.25, -0.2) is 9.78 Å². The van der Waals surface area contributed by atoms with Crippen LogP contribution in [0.1, 0.15) is 19.2 Å². The summed E-state index contributed by atoms with van der Waals surface area (Å²) in [5.74, 6) is 1.06. The van der Waals surface area contributed by atoms with Gasteiger partial charge in [0.2, 0.25) is 11.8 Å². The molecule has 3 rings (SSSR count). The van der Waals surface area contributed by atoms with Gasteiger partial charge in [-0.15, -0.1) is 0 Å². The number of amides is 3. The molecule has 1 aromatic heterocycles. The molecule has 3 amide bonds. The average molecular weight is 332 g/mol. The minimum absolute atomic E-state index is 0.0186. The summed E-state index contributed by atoms with van der Waals surface area (Å²) in [4.78, 5) is 29.2. The van der Waals surface area contributed by atoms with Crippen LogP contribution in [-0.4, -0.2) is 48.1 Å². The van der Waals surface area contributed by atoms with Gasteiger partial charge < -0.3 is 24.7 Å². The molecule has 0 radical (unpaired) electrons. The van der Waals surface area contributed by atoms with Gasteiger partial charge in [0.05, 0.1) is 13.7 Å². The van der Waals surface area contributed by atoms with Gasteiger partial charge in [-0.3, -0.25) is 4.79 Å². The summed E-state index contributed by atoms with van der Waals surface area (Å²) in [5, 5.41) is 5.62. The van der Waals surface area contributed by atoms with Crippen molar-refractivity contribution >= 4 is 23.0 Å². The van der Waals surface area contributed by atoms with Gasteiger partial charge in [0.1, 0.15) is 11.3 Å². The van der Waals surface area contributed by atoms with Crippen molar-refractivity contribution in [3.8, 4) is 5.75 Å². The zero-order valence-electron chi connectivity index (χ0n) is 13.7. The number of benzene rings is 1. The lowest BCUT2D eigenvalue weighted by molar-refractivity contribution is -0.119. The number of rotatable bonds is 4. The SMILES string of the molecule is COc1ccc2oc(CNC(=O)N3CCC(NC(C)=O)C3)nc2c1. The van der Waals surface area contributed by atoms with E-state index >= 15 is 0 Å². The van der Waals surface area contributed by atoms with Gasteiger partial charge in [0, 0.05) is 32.1 Å². The standard InChI is InChI=1S/C16H20N4O4/c1-10(21)18-11-5-6-20(9-11)16(22)17-8-15-19-13-7-12(23-2)3-4-14(13)24-15/h3-4,7,11H,5-6,8-9H2,1-2H3,(H,17,22)(H,18,21). The highest BCUT2D eigenvalue weighted by atomic mass is 16.5. The summed E-state index contributed by atoms with van der Waals surface area (Å²) in [6, 6.07) is 5.18. The molecule has 24 heavy (non-hydrogen) atoms. The van der Waals surface area contributed by atoms with E-state index in [0.29, 0.717) is 35.8 Å². The van der Waals surface area contributed by atoms with Crippen LogP contribution in [0.2, 0.25) is 0 Å². The number of oxazole rings is 1. The quantitative estimate of drug-likeness (QED) is 0.878. The van der Waals surface area contributed by atoms with E-state index in [2.05, 4.69) is 15.6 Å². The molecule has 1 fully saturated rings. The first-order valence-corrected chi connectivity index (χ1v) is 7.78. The van der Waals surface area contributed by atoms with E-state index in [1.54, 1.807) is 30.2 Å². The first kappa shape index (κ1) is 16.1. The van der Waals surface area contributed by atoms with Crippen molar-refractivity contribution in [3.05, 3.63) is 24.1 Å². The summed E-state index contributed by atoms with van der Waals surface area (Å²) in [7, 11) is 1.59. The number of urea groups is 1. The highest BCUT2D eigenvalue weighted by molar-refractivity contribution is 5.76. The highest BCUT2D eigenvalue weighted by Crippen LogP contribution is 2.21. The number of likely N-dealkylation sites (tertiary alicyclic amines) is 1. The normalized spacial score (nSPS) is 17.1. The Labute approximate surface area is 139 Å². The smallest absolute Gasteiger partial charge is 0.317 e. The molecule has 1 aliphatic heterocycles. The summed E-state index contributed by atoms with van der Waals surface area (Å²) in [6.45, 7) is 2.81. The Morgan fingerprint density at radius 3 is 3.04 bits per heavy atom. The predicted molar refractivity (Wildman–Crippen MR) is 86.6 cm³/mol. The maximum Gasteiger partial charge on any atom is 0.317 e. The van der Waals surface area contributed by atoms with E-state index in [1.807, 2.05) is 0 Å². The third kappa shape index (κ3) is 3.58. The molecule has 8 nitrogen and oxygen atoms in total. The van der Waals surface area contributed by atoms with Crippen LogP contribution in [0.5, 0.6) is 5.75 Å². The molecule has 1 saturated heterocycles. The number of nitrogens with one attached hydrogen (secondary N) is 2. The molecule has 8 heteroatoms. The van der Waals surface area contributed by atoms with E-state index < -0.39 is 0 Å². The summed E-state index contributed by atoms with van der Waals surface area (Å²) < 4.78 is 10.7. The molecule has 128 valence electrons. The predicted octanol–water partition coefficient (Wildman–Crippen LogP) is 1.26. The maximum atomic E-state index is 12.2. The Morgan fingerprint density at radius 1 is 1.46 bits per heavy atom. The van der Waals surface area contributed by atoms with Crippen LogP contribution in [0, 0.1) is 0 Å². The minimum atomic E-state index is -0.192. The minimum Gasteiger partial charge on any atom is -0.497 e. The summed E-state index contributed by atoms with van der Waals surface area (Å²) >= 11 is 0. The van der Waals surface area contributed by atoms with Crippen LogP contribution >= 0.6 is 0 Å². The Morgan fingerprint density at radius 2 is 2.29 bits per heavy atom. The summed E-state index contributed by atoms with van der Waals surface area (Å²) in [5.41, 5.74) is 1.33. The lowest BCUT2D eigenvalue weighted by Crippen LogP contribution is -2.41. The fraction of sp³-hybridized carbons (Fsp3) is 0.438. The van der Waals surface area contributed by atoms with E-state index in [-0.39, 0.29) is 24.5 Å². The third-order valence-corrected chi connectivity index (χ3v) is 3.91. The van der Waals surface area contributed by atoms with Crippen LogP contribution in [0.15, 0.2) is 22.6 Å². The lowest BCUT2D eigenvalue weighted by Gasteiger charge is -2.16. The Hall–Kier alpha value is -2.77. The second kappa shape index (κ2) is 6.77. The Balaban J connectivity index is 1.55. The second-order valence-corrected chi connectivity index (χ2v) is 5.73. The van der Waals surface area contributed by atoms with Crippen LogP contribution < -0.4 is 15.4 Å². The second-order valence-electron chi connectivity index (χ2n) is 5.73. The number of hydrogen-bond acceptors (Lipinski definition) is 5. The van der Waals surface area contributed by atoms with Gasteiger partial charge in [0.15, 0.2) is 5.58 Å². The first-order valence-electron chi connectivity index (χ1n) is 7.78. The molecule has 2 aromatic rings. The molecule has 0 spiro atoms. The topological polar surface area (TPSA) is 96.7 Å². The molecule has 0 bridgehead atoms. The van der Waals surface area contributed by atoms with Crippen LogP contribution in [0.25, 0.3) is 11.1 Å². The molecule has 1 aromatic carbocycles. The van der Waals surface area contributed by atoms with Gasteiger partial charge in [-0.2, -0.15) is 0 Å². The van der Waals surface area contributed by atoms with Crippen molar-refractivity contribution < 1.29 is 18.7 Å². The largest absolute Gasteiger partial charge is 0.497 e. The number of nitrogens with zero attached hydrogens (tertiary/aromatic N) is 2. The summed E-state index contributed by atoms with van der Waals surface area (Å²) in [6.07, 6.45) is 0.760. The fourth-order valence-electron chi connectivity index (χ4n) is 2.77. The van der Waals surface area contributed by atoms with Crippen molar-refractivity contribution in [1.29, 1.82) is 0 Å². The number of aromatic nitrogens is 1. The molecule has 0 aliphatic carbocycles. The molecule has 0 saturated carbocycles. The van der Waals surface area contributed by atoms with E-state index in [1.165, 1.54) is 6.92 Å². The van der Waals surface area contributed by atoms with E-state index in [9.17, 15) is 9.59 Å². The molecule has 2 heterocycles.